The lowest BCUT2D eigenvalue weighted by Crippen LogP contribution is -2.50. The SMILES string of the molecule is CC#CCn1c(N2CCN(C(=O)OC(C)(C)C)CC2)nc(C(=O)OCC)c1C#N. The number of carbonyl (C=O) groups excluding carboxylic acids is 2. The predicted molar refractivity (Wildman–Crippen MR) is 106 cm³/mol. The Morgan fingerprint density at radius 1 is 1.21 bits per heavy atom. The zero-order valence-corrected chi connectivity index (χ0v) is 17.6. The second-order valence-electron chi connectivity index (χ2n) is 7.41. The van der Waals surface area contributed by atoms with E-state index in [1.54, 1.807) is 23.3 Å². The van der Waals surface area contributed by atoms with E-state index in [0.717, 1.165) is 0 Å². The lowest BCUT2D eigenvalue weighted by Gasteiger charge is -2.36. The van der Waals surface area contributed by atoms with Crippen molar-refractivity contribution in [3.63, 3.8) is 0 Å². The van der Waals surface area contributed by atoms with Crippen LogP contribution in [0.15, 0.2) is 0 Å². The third kappa shape index (κ3) is 5.41. The van der Waals surface area contributed by atoms with Gasteiger partial charge in [0.2, 0.25) is 5.95 Å². The molecular formula is C20H27N5O4. The quantitative estimate of drug-likeness (QED) is 0.562. The molecule has 1 amide bonds. The van der Waals surface area contributed by atoms with Crippen molar-refractivity contribution in [1.29, 1.82) is 5.26 Å². The molecule has 1 saturated heterocycles. The van der Waals surface area contributed by atoms with E-state index in [1.165, 1.54) is 0 Å². The van der Waals surface area contributed by atoms with Gasteiger partial charge in [0.05, 0.1) is 13.2 Å². The Hall–Kier alpha value is -3.20. The van der Waals surface area contributed by atoms with Crippen LogP contribution in [0.25, 0.3) is 0 Å². The van der Waals surface area contributed by atoms with Crippen molar-refractivity contribution in [2.75, 3.05) is 37.7 Å². The number of ether oxygens (including phenoxy) is 2. The molecule has 1 aliphatic heterocycles. The summed E-state index contributed by atoms with van der Waals surface area (Å²) in [6.07, 6.45) is -0.359. The number of aromatic nitrogens is 2. The molecule has 0 atom stereocenters. The van der Waals surface area contributed by atoms with Gasteiger partial charge in [0, 0.05) is 26.2 Å². The number of anilines is 1. The standard InChI is InChI=1S/C20H27N5O4/c1-6-8-9-25-15(14-21)16(17(26)28-7-2)22-18(25)23-10-12-24(13-11-23)19(27)29-20(3,4)5/h7,9-13H2,1-5H3. The van der Waals surface area contributed by atoms with E-state index in [9.17, 15) is 14.9 Å². The average molecular weight is 401 g/mol. The smallest absolute Gasteiger partial charge is 0.410 e. The molecule has 2 heterocycles. The molecule has 0 N–H and O–H groups in total. The van der Waals surface area contributed by atoms with Gasteiger partial charge in [-0.15, -0.1) is 5.92 Å². The van der Waals surface area contributed by atoms with Gasteiger partial charge < -0.3 is 19.3 Å². The van der Waals surface area contributed by atoms with Crippen molar-refractivity contribution in [2.45, 2.75) is 46.8 Å². The molecule has 1 aliphatic rings. The molecule has 0 aromatic carbocycles. The summed E-state index contributed by atoms with van der Waals surface area (Å²) in [6, 6.07) is 2.05. The van der Waals surface area contributed by atoms with Gasteiger partial charge >= 0.3 is 12.1 Å². The van der Waals surface area contributed by atoms with Crippen LogP contribution < -0.4 is 4.90 Å². The molecule has 0 saturated carbocycles. The number of imidazole rings is 1. The van der Waals surface area contributed by atoms with Gasteiger partial charge in [0.1, 0.15) is 11.7 Å². The molecule has 9 nitrogen and oxygen atoms in total. The highest BCUT2D eigenvalue weighted by Crippen LogP contribution is 2.22. The summed E-state index contributed by atoms with van der Waals surface area (Å²) in [5.41, 5.74) is -0.452. The highest BCUT2D eigenvalue weighted by atomic mass is 16.6. The molecule has 0 bridgehead atoms. The first-order valence-corrected chi connectivity index (χ1v) is 9.52. The zero-order valence-electron chi connectivity index (χ0n) is 17.6. The molecule has 1 fully saturated rings. The van der Waals surface area contributed by atoms with Gasteiger partial charge in [-0.05, 0) is 34.6 Å². The fourth-order valence-electron chi connectivity index (χ4n) is 2.86. The summed E-state index contributed by atoms with van der Waals surface area (Å²) in [5.74, 6) is 5.54. The van der Waals surface area contributed by atoms with E-state index in [0.29, 0.717) is 32.1 Å². The molecule has 1 aromatic rings. The number of nitrogens with zero attached hydrogens (tertiary/aromatic N) is 5. The minimum atomic E-state index is -0.638. The predicted octanol–water partition coefficient (Wildman–Crippen LogP) is 2.01. The maximum Gasteiger partial charge on any atom is 0.410 e. The Balaban J connectivity index is 2.25. The minimum Gasteiger partial charge on any atom is -0.461 e. The Morgan fingerprint density at radius 3 is 2.38 bits per heavy atom. The Kier molecular flexibility index (Phi) is 7.11. The van der Waals surface area contributed by atoms with Crippen LogP contribution >= 0.6 is 0 Å². The zero-order chi connectivity index (χ0) is 21.6. The fourth-order valence-corrected chi connectivity index (χ4v) is 2.86. The maximum atomic E-state index is 12.3. The van der Waals surface area contributed by atoms with Crippen molar-refractivity contribution in [2.24, 2.45) is 0 Å². The van der Waals surface area contributed by atoms with E-state index in [2.05, 4.69) is 16.8 Å². The summed E-state index contributed by atoms with van der Waals surface area (Å²) < 4.78 is 12.1. The second kappa shape index (κ2) is 9.33. The minimum absolute atomic E-state index is 0.0168. The molecule has 0 radical (unpaired) electrons. The van der Waals surface area contributed by atoms with Gasteiger partial charge in [0.25, 0.3) is 0 Å². The molecule has 1 aromatic heterocycles. The number of hydrogen-bond donors (Lipinski definition) is 0. The van der Waals surface area contributed by atoms with Crippen LogP contribution in [0, 0.1) is 23.2 Å². The molecule has 156 valence electrons. The monoisotopic (exact) mass is 401 g/mol. The number of carbonyl (C=O) groups is 2. The van der Waals surface area contributed by atoms with Crippen LogP contribution in [0.3, 0.4) is 0 Å². The molecule has 29 heavy (non-hydrogen) atoms. The molecular weight excluding hydrogens is 374 g/mol. The molecule has 0 spiro atoms. The summed E-state index contributed by atoms with van der Waals surface area (Å²) in [7, 11) is 0. The second-order valence-corrected chi connectivity index (χ2v) is 7.41. The van der Waals surface area contributed by atoms with E-state index in [4.69, 9.17) is 9.47 Å². The van der Waals surface area contributed by atoms with Gasteiger partial charge in [0.15, 0.2) is 11.4 Å². The molecule has 0 unspecified atom stereocenters. The Morgan fingerprint density at radius 2 is 1.86 bits per heavy atom. The third-order valence-electron chi connectivity index (χ3n) is 4.15. The first-order chi connectivity index (χ1) is 13.7. The Bertz CT molecular complexity index is 858. The van der Waals surface area contributed by atoms with Crippen LogP contribution in [-0.4, -0.2) is 64.9 Å². The molecule has 0 aliphatic carbocycles. The third-order valence-corrected chi connectivity index (χ3v) is 4.15. The van der Waals surface area contributed by atoms with Gasteiger partial charge in [-0.1, -0.05) is 5.92 Å². The molecule has 9 heteroatoms. The highest BCUT2D eigenvalue weighted by molar-refractivity contribution is 5.90. The number of esters is 1. The number of amides is 1. The van der Waals surface area contributed by atoms with E-state index in [1.807, 2.05) is 31.7 Å². The average Bonchev–Trinajstić information content (AvgIpc) is 3.03. The maximum absolute atomic E-state index is 12.3. The summed E-state index contributed by atoms with van der Waals surface area (Å²) in [5, 5.41) is 9.60. The number of piperazine rings is 1. The van der Waals surface area contributed by atoms with Crippen molar-refractivity contribution in [3.05, 3.63) is 11.4 Å². The molecule has 2 rings (SSSR count). The summed E-state index contributed by atoms with van der Waals surface area (Å²) in [6.45, 7) is 11.2. The lowest BCUT2D eigenvalue weighted by molar-refractivity contribution is 0.0239. The van der Waals surface area contributed by atoms with Gasteiger partial charge in [-0.2, -0.15) is 5.26 Å². The first kappa shape index (κ1) is 22.1. The van der Waals surface area contributed by atoms with Crippen LogP contribution in [0.1, 0.15) is 50.8 Å². The van der Waals surface area contributed by atoms with Crippen molar-refractivity contribution >= 4 is 18.0 Å². The lowest BCUT2D eigenvalue weighted by atomic mass is 10.2. The van der Waals surface area contributed by atoms with Crippen LogP contribution in [0.4, 0.5) is 10.7 Å². The summed E-state index contributed by atoms with van der Waals surface area (Å²) in [4.78, 5) is 32.5. The van der Waals surface area contributed by atoms with Crippen LogP contribution in [0.5, 0.6) is 0 Å². The van der Waals surface area contributed by atoms with Crippen LogP contribution in [-0.2, 0) is 16.0 Å². The van der Waals surface area contributed by atoms with Crippen molar-refractivity contribution in [3.8, 4) is 17.9 Å². The van der Waals surface area contributed by atoms with E-state index in [-0.39, 0.29) is 30.6 Å². The highest BCUT2D eigenvalue weighted by Gasteiger charge is 2.30. The summed E-state index contributed by atoms with van der Waals surface area (Å²) >= 11 is 0. The van der Waals surface area contributed by atoms with Gasteiger partial charge in [-0.25, -0.2) is 14.6 Å². The number of hydrogen-bond acceptors (Lipinski definition) is 7. The van der Waals surface area contributed by atoms with E-state index >= 15 is 0 Å². The van der Waals surface area contributed by atoms with Gasteiger partial charge in [-0.3, -0.25) is 4.57 Å². The fraction of sp³-hybridized carbons (Fsp3) is 0.600. The number of nitriles is 1. The normalized spacial score (nSPS) is 13.9. The van der Waals surface area contributed by atoms with E-state index < -0.39 is 11.6 Å². The van der Waals surface area contributed by atoms with Crippen molar-refractivity contribution in [1.82, 2.24) is 14.5 Å². The van der Waals surface area contributed by atoms with Crippen LogP contribution in [0.2, 0.25) is 0 Å². The van der Waals surface area contributed by atoms with Crippen molar-refractivity contribution < 1.29 is 19.1 Å². The largest absolute Gasteiger partial charge is 0.461 e. The number of rotatable bonds is 4. The topological polar surface area (TPSA) is 101 Å². The first-order valence-electron chi connectivity index (χ1n) is 9.52. The Labute approximate surface area is 171 Å².